The summed E-state index contributed by atoms with van der Waals surface area (Å²) in [4.78, 5) is 44.5. The summed E-state index contributed by atoms with van der Waals surface area (Å²) in [5, 5.41) is 37.0. The minimum atomic E-state index is -0.615. The second kappa shape index (κ2) is 21.7. The van der Waals surface area contributed by atoms with Crippen LogP contribution in [0.25, 0.3) is 55.5 Å². The number of nitrogen functional groups attached to an aromatic ring is 2. The Labute approximate surface area is 472 Å². The monoisotopic (exact) mass is 1090 g/mol. The number of benzene rings is 2. The van der Waals surface area contributed by atoms with Crippen molar-refractivity contribution >= 4 is 46.1 Å². The van der Waals surface area contributed by atoms with Crippen molar-refractivity contribution in [1.82, 2.24) is 58.6 Å². The molecule has 0 spiro atoms. The number of fused-ring (bicyclic) bond motifs is 2. The van der Waals surface area contributed by atoms with Gasteiger partial charge in [0.15, 0.2) is 17.7 Å². The number of nitrogens with two attached hydrogens (primary N) is 2. The Morgan fingerprint density at radius 1 is 0.573 bits per heavy atom. The van der Waals surface area contributed by atoms with Crippen LogP contribution >= 0.6 is 0 Å². The molecule has 13 rings (SSSR count). The van der Waals surface area contributed by atoms with Crippen molar-refractivity contribution in [1.29, 1.82) is 10.5 Å². The number of pyridine rings is 4. The molecule has 3 aliphatic rings. The van der Waals surface area contributed by atoms with Crippen molar-refractivity contribution in [2.45, 2.75) is 24.4 Å². The molecule has 0 bridgehead atoms. The summed E-state index contributed by atoms with van der Waals surface area (Å²) in [6, 6.07) is 36.1. The van der Waals surface area contributed by atoms with Crippen LogP contribution in [0.15, 0.2) is 147 Å². The van der Waals surface area contributed by atoms with Crippen LogP contribution in [0.5, 0.6) is 0 Å². The highest BCUT2D eigenvalue weighted by molar-refractivity contribution is 5.93. The second-order valence-electron chi connectivity index (χ2n) is 20.8. The molecule has 4 N–H and O–H groups in total. The zero-order valence-corrected chi connectivity index (χ0v) is 45.5. The lowest BCUT2D eigenvalue weighted by molar-refractivity contribution is -0.142. The molecular formula is C61H58N18O3. The Kier molecular flexibility index (Phi) is 13.8. The van der Waals surface area contributed by atoms with E-state index in [1.54, 1.807) is 44.1 Å². The number of hydrogen-bond donors (Lipinski definition) is 2. The molecular weight excluding hydrogens is 1030 g/mol. The Morgan fingerprint density at radius 3 is 1.44 bits per heavy atom. The predicted octanol–water partition coefficient (Wildman–Crippen LogP) is 6.92. The second-order valence-corrected chi connectivity index (χ2v) is 20.8. The van der Waals surface area contributed by atoms with E-state index in [4.69, 9.17) is 26.2 Å². The minimum Gasteiger partial charge on any atom is -0.381 e. The molecule has 1 saturated carbocycles. The number of piperazine rings is 2. The number of anilines is 4. The highest BCUT2D eigenvalue weighted by Gasteiger charge is 2.53. The fourth-order valence-electron chi connectivity index (χ4n) is 11.3. The first-order valence-corrected chi connectivity index (χ1v) is 27.0. The largest absolute Gasteiger partial charge is 0.381 e. The van der Waals surface area contributed by atoms with Gasteiger partial charge in [-0.1, -0.05) is 60.7 Å². The molecule has 0 radical (unpaired) electrons. The molecule has 3 fully saturated rings. The molecule has 2 amide bonds. The average molecular weight is 1090 g/mol. The molecule has 1 aliphatic carbocycles. The van der Waals surface area contributed by atoms with Crippen LogP contribution in [0.1, 0.15) is 41.2 Å². The molecule has 82 heavy (non-hydrogen) atoms. The quantitative estimate of drug-likeness (QED) is 0.133. The van der Waals surface area contributed by atoms with E-state index in [1.807, 2.05) is 140 Å². The molecule has 21 heteroatoms. The molecule has 0 unspecified atom stereocenters. The van der Waals surface area contributed by atoms with Crippen molar-refractivity contribution in [3.8, 4) is 56.6 Å². The van der Waals surface area contributed by atoms with Gasteiger partial charge in [-0.15, -0.1) is 10.2 Å². The van der Waals surface area contributed by atoms with Gasteiger partial charge < -0.3 is 35.8 Å². The summed E-state index contributed by atoms with van der Waals surface area (Å²) in [5.41, 5.74) is 22.7. The molecule has 8 aromatic heterocycles. The first kappa shape index (κ1) is 52.3. The van der Waals surface area contributed by atoms with Gasteiger partial charge in [0.1, 0.15) is 34.9 Å². The molecule has 2 saturated heterocycles. The van der Waals surface area contributed by atoms with Crippen LogP contribution in [0.4, 0.5) is 23.3 Å². The first-order chi connectivity index (χ1) is 39.9. The number of hydrogen-bond acceptors (Lipinski definition) is 15. The number of carbonyl (C=O) groups excluding carboxylic acids is 2. The van der Waals surface area contributed by atoms with E-state index in [0.29, 0.717) is 61.4 Å². The van der Waals surface area contributed by atoms with Gasteiger partial charge in [-0.3, -0.25) is 19.0 Å². The summed E-state index contributed by atoms with van der Waals surface area (Å²) in [7, 11) is 5.30. The fraction of sp³-hybridized carbons (Fsp3) is 0.246. The van der Waals surface area contributed by atoms with Gasteiger partial charge in [0.2, 0.25) is 5.91 Å². The smallest absolute Gasteiger partial charge is 0.256 e. The Balaban J connectivity index is 0.000000162. The van der Waals surface area contributed by atoms with E-state index in [-0.39, 0.29) is 28.9 Å². The van der Waals surface area contributed by atoms with Crippen molar-refractivity contribution in [3.63, 3.8) is 0 Å². The van der Waals surface area contributed by atoms with Crippen LogP contribution in [0, 0.1) is 22.7 Å². The zero-order chi connectivity index (χ0) is 56.6. The number of carbonyl (C=O) groups is 2. The fourth-order valence-corrected chi connectivity index (χ4v) is 11.3. The van der Waals surface area contributed by atoms with Crippen LogP contribution in [0.2, 0.25) is 0 Å². The maximum Gasteiger partial charge on any atom is 0.256 e. The number of aryl methyl sites for hydroxylation is 2. The number of rotatable bonds is 11. The van der Waals surface area contributed by atoms with E-state index in [9.17, 15) is 20.1 Å². The van der Waals surface area contributed by atoms with Crippen molar-refractivity contribution in [3.05, 3.63) is 169 Å². The third-order valence-corrected chi connectivity index (χ3v) is 15.8. The van der Waals surface area contributed by atoms with Gasteiger partial charge in [-0.05, 0) is 60.4 Å². The first-order valence-electron chi connectivity index (χ1n) is 27.0. The third kappa shape index (κ3) is 9.83. The number of nitriles is 2. The number of ether oxygens (including phenoxy) is 1. The lowest BCUT2D eigenvalue weighted by Crippen LogP contribution is -2.51. The van der Waals surface area contributed by atoms with Gasteiger partial charge in [-0.2, -0.15) is 20.7 Å². The van der Waals surface area contributed by atoms with Crippen LogP contribution in [-0.4, -0.2) is 130 Å². The van der Waals surface area contributed by atoms with E-state index in [2.05, 4.69) is 54.5 Å². The topological polar surface area (TPSA) is 252 Å². The van der Waals surface area contributed by atoms with Crippen molar-refractivity contribution in [2.24, 2.45) is 14.1 Å². The molecule has 1 atom stereocenters. The standard InChI is InChI=1S/C31H29N9O.C30H29N9O2/c1-37-19-23(18-35-37)22-15-25(28-26(16-32)29(33)36-40(28)20-22)21-7-8-27(34-17-21)38-11-13-39(14-12-38)30(41)31(9-10-31)24-5-3-2-4-6-24;1-36-18-23(17-34-36)22-14-24(27-25(15-31)29(32)35-39(27)19-22)21-8-9-26(33-16-21)37-10-12-38(13-11-37)30(40)28(41-2)20-6-4-3-5-7-20/h2-8,15,17-20H,9-14H2,1H3,(H2,33,36);3-9,14,16-19,28H,10-13H2,1-2H3,(H2,32,35)/t;28-/m.0/s1. The Hall–Kier alpha value is -10.4. The Bertz CT molecular complexity index is 4080. The van der Waals surface area contributed by atoms with Crippen LogP contribution in [0.3, 0.4) is 0 Å². The SMILES string of the molecule is CO[C@H](C(=O)N1CCN(c2ccc(-c3cc(-c4cnn(C)c4)cn4nc(N)c(C#N)c34)cn2)CC1)c1ccccc1.Cn1cc(-c2cc(-c3ccc(N4CCN(C(=O)C5(c6ccccc6)CC5)CC4)nc3)c3c(C#N)c(N)nn3c2)cn1. The number of methoxy groups -OCH3 is 1. The maximum atomic E-state index is 13.5. The van der Waals surface area contributed by atoms with Gasteiger partial charge in [-0.25, -0.2) is 19.0 Å². The van der Waals surface area contributed by atoms with E-state index in [0.717, 1.165) is 93.2 Å². The van der Waals surface area contributed by atoms with Gasteiger partial charge >= 0.3 is 0 Å². The molecule has 21 nitrogen and oxygen atoms in total. The van der Waals surface area contributed by atoms with Gasteiger partial charge in [0.05, 0.1) is 28.8 Å². The lowest BCUT2D eigenvalue weighted by atomic mass is 9.94. The molecule has 2 aromatic carbocycles. The lowest BCUT2D eigenvalue weighted by Gasteiger charge is -2.37. The third-order valence-electron chi connectivity index (χ3n) is 15.8. The number of aromatic nitrogens is 10. The molecule has 2 aliphatic heterocycles. The maximum absolute atomic E-state index is 13.5. The minimum absolute atomic E-state index is 0.0347. The normalized spacial score (nSPS) is 15.2. The highest BCUT2D eigenvalue weighted by atomic mass is 16.5. The highest BCUT2D eigenvalue weighted by Crippen LogP contribution is 2.50. The summed E-state index contributed by atoms with van der Waals surface area (Å²) in [5.74, 6) is 2.26. The van der Waals surface area contributed by atoms with E-state index >= 15 is 0 Å². The number of amides is 2. The van der Waals surface area contributed by atoms with Gasteiger partial charge in [0.25, 0.3) is 5.91 Å². The predicted molar refractivity (Wildman–Crippen MR) is 311 cm³/mol. The van der Waals surface area contributed by atoms with Crippen LogP contribution < -0.4 is 21.3 Å². The molecule has 410 valence electrons. The van der Waals surface area contributed by atoms with Crippen molar-refractivity contribution in [2.75, 3.05) is 80.7 Å². The summed E-state index contributed by atoms with van der Waals surface area (Å²) >= 11 is 0. The van der Waals surface area contributed by atoms with Crippen molar-refractivity contribution < 1.29 is 14.3 Å². The van der Waals surface area contributed by atoms with Crippen LogP contribution in [-0.2, 0) is 33.8 Å². The Morgan fingerprint density at radius 2 is 1.04 bits per heavy atom. The summed E-state index contributed by atoms with van der Waals surface area (Å²) in [6.07, 6.45) is 16.0. The number of nitrogens with zero attached hydrogens (tertiary/aromatic N) is 16. The van der Waals surface area contributed by atoms with E-state index in [1.165, 1.54) is 0 Å². The summed E-state index contributed by atoms with van der Waals surface area (Å²) < 4.78 is 12.3. The molecule has 10 heterocycles. The summed E-state index contributed by atoms with van der Waals surface area (Å²) in [6.45, 7) is 5.25. The van der Waals surface area contributed by atoms with E-state index < -0.39 is 6.10 Å². The molecule has 10 aromatic rings. The zero-order valence-electron chi connectivity index (χ0n) is 45.5. The van der Waals surface area contributed by atoms with Gasteiger partial charge in [0, 0.05) is 155 Å². The average Bonchev–Trinajstić information content (AvgIpc) is 3.98.